The number of aliphatic hydroxyl groups excluding tert-OH is 1. The maximum atomic E-state index is 11.8. The minimum absolute atomic E-state index is 0.0144. The van der Waals surface area contributed by atoms with Crippen molar-refractivity contribution in [2.24, 2.45) is 5.41 Å². The van der Waals surface area contributed by atoms with Gasteiger partial charge in [-0.25, -0.2) is 0 Å². The molecule has 1 amide bonds. The molecule has 1 rings (SSSR count). The van der Waals surface area contributed by atoms with Crippen LogP contribution in [0.15, 0.2) is 0 Å². The predicted octanol–water partition coefficient (Wildman–Crippen LogP) is -0.223. The summed E-state index contributed by atoms with van der Waals surface area (Å²) < 4.78 is 0. The summed E-state index contributed by atoms with van der Waals surface area (Å²) in [5.74, 6) is 0.0144. The molecule has 0 bridgehead atoms. The molecule has 0 aromatic carbocycles. The minimum Gasteiger partial charge on any atom is -0.394 e. The van der Waals surface area contributed by atoms with Crippen LogP contribution in [0, 0.1) is 5.41 Å². The lowest BCUT2D eigenvalue weighted by atomic mass is 9.93. The van der Waals surface area contributed by atoms with Crippen LogP contribution in [-0.2, 0) is 4.79 Å². The highest BCUT2D eigenvalue weighted by atomic mass is 16.3. The van der Waals surface area contributed by atoms with Gasteiger partial charge in [-0.15, -0.1) is 0 Å². The van der Waals surface area contributed by atoms with Crippen LogP contribution in [0.1, 0.15) is 13.8 Å². The lowest BCUT2D eigenvalue weighted by Gasteiger charge is -2.28. The van der Waals surface area contributed by atoms with Crippen molar-refractivity contribution < 1.29 is 9.90 Å². The van der Waals surface area contributed by atoms with Crippen molar-refractivity contribution in [3.8, 4) is 0 Å². The zero-order valence-corrected chi connectivity index (χ0v) is 9.45. The van der Waals surface area contributed by atoms with Crippen molar-refractivity contribution in [2.45, 2.75) is 19.9 Å². The molecule has 4 heteroatoms. The molecule has 0 aromatic rings. The molecule has 82 valence electrons. The van der Waals surface area contributed by atoms with E-state index in [9.17, 15) is 4.79 Å². The number of rotatable bonds is 1. The van der Waals surface area contributed by atoms with Crippen LogP contribution in [0.25, 0.3) is 0 Å². The van der Waals surface area contributed by atoms with Crippen molar-refractivity contribution in [3.63, 3.8) is 0 Å². The molecule has 1 fully saturated rings. The minimum atomic E-state index is -0.373. The fourth-order valence-electron chi connectivity index (χ4n) is 2.22. The maximum Gasteiger partial charge on any atom is 0.242 e. The third-order valence-corrected chi connectivity index (χ3v) is 2.71. The fourth-order valence-corrected chi connectivity index (χ4v) is 2.22. The average molecular weight is 200 g/mol. The smallest absolute Gasteiger partial charge is 0.242 e. The molecule has 0 aromatic heterocycles. The van der Waals surface area contributed by atoms with E-state index in [0.717, 1.165) is 13.1 Å². The second-order valence-electron chi connectivity index (χ2n) is 4.97. The van der Waals surface area contributed by atoms with Crippen LogP contribution in [0.5, 0.6) is 0 Å². The van der Waals surface area contributed by atoms with Gasteiger partial charge in [-0.05, 0) is 12.5 Å². The van der Waals surface area contributed by atoms with Gasteiger partial charge in [0.05, 0.1) is 6.61 Å². The molecule has 1 aliphatic heterocycles. The molecule has 1 unspecified atom stereocenters. The van der Waals surface area contributed by atoms with Gasteiger partial charge in [-0.3, -0.25) is 9.69 Å². The maximum absolute atomic E-state index is 11.8. The highest BCUT2D eigenvalue weighted by Gasteiger charge is 2.35. The van der Waals surface area contributed by atoms with Gasteiger partial charge in [0.1, 0.15) is 6.04 Å². The summed E-state index contributed by atoms with van der Waals surface area (Å²) in [7, 11) is 3.69. The van der Waals surface area contributed by atoms with Gasteiger partial charge in [0, 0.05) is 20.1 Å². The number of nitrogens with zero attached hydrogens (tertiary/aromatic N) is 2. The Bertz CT molecular complexity index is 228. The number of carbonyl (C=O) groups excluding carboxylic acids is 1. The Morgan fingerprint density at radius 3 is 2.50 bits per heavy atom. The Balaban J connectivity index is 2.88. The molecular formula is C10H20N2O2. The highest BCUT2D eigenvalue weighted by molar-refractivity contribution is 5.82. The summed E-state index contributed by atoms with van der Waals surface area (Å²) in [6, 6.07) is -0.373. The second-order valence-corrected chi connectivity index (χ2v) is 4.97. The highest BCUT2D eigenvalue weighted by Crippen LogP contribution is 2.23. The summed E-state index contributed by atoms with van der Waals surface area (Å²) in [6.07, 6.45) is 0. The molecule has 4 nitrogen and oxygen atoms in total. The summed E-state index contributed by atoms with van der Waals surface area (Å²) in [5, 5.41) is 9.16. The van der Waals surface area contributed by atoms with Crippen LogP contribution in [0.4, 0.5) is 0 Å². The molecule has 0 radical (unpaired) electrons. The Labute approximate surface area is 85.5 Å². The monoisotopic (exact) mass is 200 g/mol. The molecule has 1 atom stereocenters. The number of aliphatic hydroxyl groups is 1. The van der Waals surface area contributed by atoms with E-state index in [1.165, 1.54) is 0 Å². The Kier molecular flexibility index (Phi) is 3.17. The molecule has 1 aliphatic rings. The van der Waals surface area contributed by atoms with E-state index in [-0.39, 0.29) is 24.0 Å². The molecule has 0 spiro atoms. The van der Waals surface area contributed by atoms with Crippen molar-refractivity contribution in [1.82, 2.24) is 9.80 Å². The molecule has 1 N–H and O–H groups in total. The Morgan fingerprint density at radius 2 is 2.00 bits per heavy atom. The lowest BCUT2D eigenvalue weighted by molar-refractivity contribution is -0.135. The number of hydrogen-bond acceptors (Lipinski definition) is 3. The molecular weight excluding hydrogens is 180 g/mol. The van der Waals surface area contributed by atoms with E-state index in [2.05, 4.69) is 13.8 Å². The SMILES string of the molecule is CN1CC(C)(C)CN(C)C(CO)C1=O. The van der Waals surface area contributed by atoms with Gasteiger partial charge in [0.2, 0.25) is 5.91 Å². The summed E-state index contributed by atoms with van der Waals surface area (Å²) >= 11 is 0. The van der Waals surface area contributed by atoms with Gasteiger partial charge in [0.15, 0.2) is 0 Å². The first kappa shape index (κ1) is 11.5. The first-order chi connectivity index (χ1) is 6.37. The van der Waals surface area contributed by atoms with Gasteiger partial charge in [0.25, 0.3) is 0 Å². The van der Waals surface area contributed by atoms with E-state index in [0.29, 0.717) is 0 Å². The largest absolute Gasteiger partial charge is 0.394 e. The van der Waals surface area contributed by atoms with Crippen molar-refractivity contribution in [3.05, 3.63) is 0 Å². The number of carbonyl (C=O) groups is 1. The van der Waals surface area contributed by atoms with Crippen molar-refractivity contribution in [2.75, 3.05) is 33.8 Å². The van der Waals surface area contributed by atoms with Gasteiger partial charge < -0.3 is 10.0 Å². The van der Waals surface area contributed by atoms with Crippen molar-refractivity contribution in [1.29, 1.82) is 0 Å². The zero-order valence-electron chi connectivity index (χ0n) is 9.45. The van der Waals surface area contributed by atoms with Crippen LogP contribution in [-0.4, -0.2) is 60.6 Å². The topological polar surface area (TPSA) is 43.8 Å². The first-order valence-electron chi connectivity index (χ1n) is 4.93. The Hall–Kier alpha value is -0.610. The van der Waals surface area contributed by atoms with Crippen LogP contribution in [0.3, 0.4) is 0 Å². The summed E-state index contributed by atoms with van der Waals surface area (Å²) in [4.78, 5) is 15.4. The normalized spacial score (nSPS) is 29.1. The number of amides is 1. The fraction of sp³-hybridized carbons (Fsp3) is 0.900. The Morgan fingerprint density at radius 1 is 1.43 bits per heavy atom. The number of hydrogen-bond donors (Lipinski definition) is 1. The van der Waals surface area contributed by atoms with E-state index < -0.39 is 0 Å². The molecule has 1 saturated heterocycles. The summed E-state index contributed by atoms with van der Waals surface area (Å²) in [6.45, 7) is 5.73. The standard InChI is InChI=1S/C10H20N2O2/c1-10(2)6-11(3)8(5-13)9(14)12(4)7-10/h8,13H,5-7H2,1-4H3. The molecule has 1 heterocycles. The van der Waals surface area contributed by atoms with Crippen LogP contribution in [0.2, 0.25) is 0 Å². The number of likely N-dealkylation sites (N-methyl/N-ethyl adjacent to an activating group) is 2. The predicted molar refractivity (Wildman–Crippen MR) is 54.9 cm³/mol. The van der Waals surface area contributed by atoms with Crippen LogP contribution >= 0.6 is 0 Å². The summed E-state index contributed by atoms with van der Waals surface area (Å²) in [5.41, 5.74) is 0.0864. The van der Waals surface area contributed by atoms with E-state index in [4.69, 9.17) is 5.11 Å². The third-order valence-electron chi connectivity index (χ3n) is 2.71. The molecule has 0 aliphatic carbocycles. The van der Waals surface area contributed by atoms with Crippen LogP contribution < -0.4 is 0 Å². The van der Waals surface area contributed by atoms with Crippen molar-refractivity contribution >= 4 is 5.91 Å². The van der Waals surface area contributed by atoms with Gasteiger partial charge in [-0.2, -0.15) is 0 Å². The molecule has 14 heavy (non-hydrogen) atoms. The van der Waals surface area contributed by atoms with Gasteiger partial charge >= 0.3 is 0 Å². The third kappa shape index (κ3) is 2.25. The average Bonchev–Trinajstić information content (AvgIpc) is 2.08. The van der Waals surface area contributed by atoms with E-state index in [1.807, 2.05) is 11.9 Å². The zero-order chi connectivity index (χ0) is 10.9. The quantitative estimate of drug-likeness (QED) is 0.636. The van der Waals surface area contributed by atoms with Gasteiger partial charge in [-0.1, -0.05) is 13.8 Å². The first-order valence-corrected chi connectivity index (χ1v) is 4.93. The second kappa shape index (κ2) is 3.87. The van der Waals surface area contributed by atoms with E-state index in [1.54, 1.807) is 11.9 Å². The molecule has 0 saturated carbocycles. The van der Waals surface area contributed by atoms with E-state index >= 15 is 0 Å². The lowest BCUT2D eigenvalue weighted by Crippen LogP contribution is -2.45.